The second kappa shape index (κ2) is 5.92. The molecule has 1 aliphatic heterocycles. The molecule has 0 radical (unpaired) electrons. The zero-order chi connectivity index (χ0) is 13.2. The van der Waals surface area contributed by atoms with Crippen LogP contribution in [0, 0.1) is 17.3 Å². The van der Waals surface area contributed by atoms with Crippen molar-refractivity contribution in [2.45, 2.75) is 65.3 Å². The summed E-state index contributed by atoms with van der Waals surface area (Å²) in [5, 5.41) is 0. The number of likely N-dealkylation sites (tertiary alicyclic amines) is 1. The van der Waals surface area contributed by atoms with E-state index in [-0.39, 0.29) is 0 Å². The molecule has 3 atom stereocenters. The fourth-order valence-corrected chi connectivity index (χ4v) is 3.79. The Labute approximate surface area is 113 Å². The van der Waals surface area contributed by atoms with E-state index in [1.54, 1.807) is 0 Å². The maximum Gasteiger partial charge on any atom is 0.00797 e. The molecule has 1 heterocycles. The standard InChI is InChI=1S/C16H32N2/c1-13-5-4-9-18(10-7-13)12-14-11-16(2,3)8-6-15(14)17/h13-15H,4-12,17H2,1-3H3. The van der Waals surface area contributed by atoms with Crippen molar-refractivity contribution in [2.24, 2.45) is 23.0 Å². The molecule has 2 fully saturated rings. The van der Waals surface area contributed by atoms with Crippen molar-refractivity contribution >= 4 is 0 Å². The summed E-state index contributed by atoms with van der Waals surface area (Å²) in [5.74, 6) is 1.65. The highest BCUT2D eigenvalue weighted by Crippen LogP contribution is 2.38. The van der Waals surface area contributed by atoms with Gasteiger partial charge in [0, 0.05) is 12.6 Å². The Morgan fingerprint density at radius 1 is 1.17 bits per heavy atom. The molecule has 106 valence electrons. The smallest absolute Gasteiger partial charge is 0.00797 e. The van der Waals surface area contributed by atoms with E-state index in [0.717, 1.165) is 11.8 Å². The van der Waals surface area contributed by atoms with Crippen molar-refractivity contribution in [3.63, 3.8) is 0 Å². The second-order valence-electron chi connectivity index (χ2n) is 7.67. The normalized spacial score (nSPS) is 38.3. The van der Waals surface area contributed by atoms with Crippen LogP contribution < -0.4 is 5.73 Å². The van der Waals surface area contributed by atoms with E-state index in [2.05, 4.69) is 25.7 Å². The number of rotatable bonds is 2. The Balaban J connectivity index is 1.87. The molecule has 2 N–H and O–H groups in total. The maximum atomic E-state index is 6.36. The van der Waals surface area contributed by atoms with Gasteiger partial charge in [0.2, 0.25) is 0 Å². The van der Waals surface area contributed by atoms with Gasteiger partial charge in [0.1, 0.15) is 0 Å². The summed E-state index contributed by atoms with van der Waals surface area (Å²) in [5.41, 5.74) is 6.87. The molecule has 0 bridgehead atoms. The molecular formula is C16H32N2. The first-order valence-electron chi connectivity index (χ1n) is 7.94. The van der Waals surface area contributed by atoms with Gasteiger partial charge in [-0.25, -0.2) is 0 Å². The molecule has 2 rings (SSSR count). The van der Waals surface area contributed by atoms with Crippen molar-refractivity contribution in [2.75, 3.05) is 19.6 Å². The lowest BCUT2D eigenvalue weighted by molar-refractivity contribution is 0.116. The number of nitrogens with zero attached hydrogens (tertiary/aromatic N) is 1. The molecule has 0 spiro atoms. The minimum atomic E-state index is 0.443. The Kier molecular flexibility index (Phi) is 4.71. The van der Waals surface area contributed by atoms with Crippen LogP contribution in [0.5, 0.6) is 0 Å². The molecule has 0 aromatic rings. The summed E-state index contributed by atoms with van der Waals surface area (Å²) >= 11 is 0. The highest BCUT2D eigenvalue weighted by Gasteiger charge is 2.34. The van der Waals surface area contributed by atoms with Crippen molar-refractivity contribution in [1.29, 1.82) is 0 Å². The molecule has 2 heteroatoms. The lowest BCUT2D eigenvalue weighted by atomic mass is 9.70. The first kappa shape index (κ1) is 14.3. The summed E-state index contributed by atoms with van der Waals surface area (Å²) in [6.07, 6.45) is 8.03. The van der Waals surface area contributed by atoms with Crippen LogP contribution in [0.15, 0.2) is 0 Å². The minimum Gasteiger partial charge on any atom is -0.327 e. The largest absolute Gasteiger partial charge is 0.327 e. The molecular weight excluding hydrogens is 220 g/mol. The lowest BCUT2D eigenvalue weighted by Gasteiger charge is -2.41. The summed E-state index contributed by atoms with van der Waals surface area (Å²) in [4.78, 5) is 2.69. The van der Waals surface area contributed by atoms with Gasteiger partial charge in [0.15, 0.2) is 0 Å². The molecule has 0 amide bonds. The van der Waals surface area contributed by atoms with Crippen molar-refractivity contribution < 1.29 is 0 Å². The molecule has 2 aliphatic rings. The lowest BCUT2D eigenvalue weighted by Crippen LogP contribution is -2.45. The van der Waals surface area contributed by atoms with Gasteiger partial charge in [0.25, 0.3) is 0 Å². The van der Waals surface area contributed by atoms with Crippen LogP contribution in [0.2, 0.25) is 0 Å². The van der Waals surface area contributed by atoms with Gasteiger partial charge in [-0.2, -0.15) is 0 Å². The van der Waals surface area contributed by atoms with Gasteiger partial charge in [-0.15, -0.1) is 0 Å². The fourth-order valence-electron chi connectivity index (χ4n) is 3.79. The van der Waals surface area contributed by atoms with Crippen molar-refractivity contribution in [3.8, 4) is 0 Å². The van der Waals surface area contributed by atoms with E-state index >= 15 is 0 Å². The Morgan fingerprint density at radius 2 is 1.94 bits per heavy atom. The van der Waals surface area contributed by atoms with E-state index in [9.17, 15) is 0 Å². The van der Waals surface area contributed by atoms with Gasteiger partial charge in [-0.05, 0) is 68.9 Å². The van der Waals surface area contributed by atoms with Gasteiger partial charge < -0.3 is 10.6 Å². The summed E-state index contributed by atoms with van der Waals surface area (Å²) < 4.78 is 0. The van der Waals surface area contributed by atoms with Crippen LogP contribution in [0.3, 0.4) is 0 Å². The third-order valence-corrected chi connectivity index (χ3v) is 5.18. The molecule has 0 aromatic heterocycles. The highest BCUT2D eigenvalue weighted by atomic mass is 15.1. The third-order valence-electron chi connectivity index (χ3n) is 5.18. The van der Waals surface area contributed by atoms with Crippen LogP contribution in [-0.2, 0) is 0 Å². The molecule has 2 nitrogen and oxygen atoms in total. The number of hydrogen-bond donors (Lipinski definition) is 1. The van der Waals surface area contributed by atoms with E-state index in [4.69, 9.17) is 5.73 Å². The maximum absolute atomic E-state index is 6.36. The van der Waals surface area contributed by atoms with Gasteiger partial charge >= 0.3 is 0 Å². The first-order valence-corrected chi connectivity index (χ1v) is 7.94. The van der Waals surface area contributed by atoms with Gasteiger partial charge in [0.05, 0.1) is 0 Å². The Morgan fingerprint density at radius 3 is 2.72 bits per heavy atom. The fraction of sp³-hybridized carbons (Fsp3) is 1.00. The number of nitrogens with two attached hydrogens (primary N) is 1. The Hall–Kier alpha value is -0.0800. The Bertz CT molecular complexity index is 262. The van der Waals surface area contributed by atoms with Crippen LogP contribution >= 0.6 is 0 Å². The summed E-state index contributed by atoms with van der Waals surface area (Å²) in [7, 11) is 0. The van der Waals surface area contributed by atoms with E-state index < -0.39 is 0 Å². The second-order valence-corrected chi connectivity index (χ2v) is 7.67. The predicted octanol–water partition coefficient (Wildman–Crippen LogP) is 3.26. The highest BCUT2D eigenvalue weighted by molar-refractivity contribution is 4.88. The van der Waals surface area contributed by atoms with E-state index in [1.807, 2.05) is 0 Å². The minimum absolute atomic E-state index is 0.443. The quantitative estimate of drug-likeness (QED) is 0.817. The van der Waals surface area contributed by atoms with Crippen LogP contribution in [0.1, 0.15) is 59.3 Å². The summed E-state index contributed by atoms with van der Waals surface area (Å²) in [6, 6.07) is 0.443. The van der Waals surface area contributed by atoms with Crippen LogP contribution in [0.25, 0.3) is 0 Å². The van der Waals surface area contributed by atoms with Crippen LogP contribution in [0.4, 0.5) is 0 Å². The average Bonchev–Trinajstić information content (AvgIpc) is 2.49. The van der Waals surface area contributed by atoms with Crippen LogP contribution in [-0.4, -0.2) is 30.6 Å². The topological polar surface area (TPSA) is 29.3 Å². The van der Waals surface area contributed by atoms with E-state index in [0.29, 0.717) is 11.5 Å². The molecule has 1 aliphatic carbocycles. The molecule has 3 unspecified atom stereocenters. The number of hydrogen-bond acceptors (Lipinski definition) is 2. The zero-order valence-electron chi connectivity index (χ0n) is 12.6. The average molecular weight is 252 g/mol. The molecule has 1 saturated carbocycles. The van der Waals surface area contributed by atoms with Crippen molar-refractivity contribution in [1.82, 2.24) is 4.90 Å². The summed E-state index contributed by atoms with van der Waals surface area (Å²) in [6.45, 7) is 11.1. The molecule has 1 saturated heterocycles. The third kappa shape index (κ3) is 3.96. The zero-order valence-corrected chi connectivity index (χ0v) is 12.6. The molecule has 18 heavy (non-hydrogen) atoms. The predicted molar refractivity (Wildman–Crippen MR) is 78.6 cm³/mol. The van der Waals surface area contributed by atoms with Gasteiger partial charge in [-0.1, -0.05) is 20.8 Å². The van der Waals surface area contributed by atoms with Crippen molar-refractivity contribution in [3.05, 3.63) is 0 Å². The first-order chi connectivity index (χ1) is 8.46. The van der Waals surface area contributed by atoms with E-state index in [1.165, 1.54) is 58.2 Å². The monoisotopic (exact) mass is 252 g/mol. The molecule has 0 aromatic carbocycles. The SMILES string of the molecule is CC1CCCN(CC2CC(C)(C)CCC2N)CC1. The van der Waals surface area contributed by atoms with Gasteiger partial charge in [-0.3, -0.25) is 0 Å².